The molecule has 0 aromatic carbocycles. The Morgan fingerprint density at radius 3 is 2.62 bits per heavy atom. The summed E-state index contributed by atoms with van der Waals surface area (Å²) in [4.78, 5) is 16.9. The van der Waals surface area contributed by atoms with Crippen LogP contribution < -0.4 is 0 Å². The van der Waals surface area contributed by atoms with E-state index in [2.05, 4.69) is 10.1 Å². The summed E-state index contributed by atoms with van der Waals surface area (Å²) in [6.45, 7) is 6.53. The SMILES string of the molecule is CCOC(=O)C1(c2nc(C(C)OCC)no2)CCCCC1. The molecule has 0 N–H and O–H groups in total. The third-order valence-corrected chi connectivity index (χ3v) is 4.00. The molecule has 6 heteroatoms. The summed E-state index contributed by atoms with van der Waals surface area (Å²) in [5.74, 6) is 0.618. The Kier molecular flexibility index (Phi) is 5.33. The lowest BCUT2D eigenvalue weighted by atomic mass is 9.74. The Hall–Kier alpha value is -1.43. The fourth-order valence-electron chi connectivity index (χ4n) is 2.85. The van der Waals surface area contributed by atoms with Gasteiger partial charge in [-0.1, -0.05) is 24.4 Å². The fraction of sp³-hybridized carbons (Fsp3) is 0.800. The summed E-state index contributed by atoms with van der Waals surface area (Å²) in [6, 6.07) is 0. The van der Waals surface area contributed by atoms with E-state index < -0.39 is 5.41 Å². The van der Waals surface area contributed by atoms with Gasteiger partial charge in [0.25, 0.3) is 0 Å². The molecule has 1 atom stereocenters. The van der Waals surface area contributed by atoms with E-state index in [-0.39, 0.29) is 12.1 Å². The minimum atomic E-state index is -0.772. The molecule has 2 rings (SSSR count). The Bertz CT molecular complexity index is 466. The molecule has 0 radical (unpaired) electrons. The van der Waals surface area contributed by atoms with E-state index in [1.54, 1.807) is 0 Å². The molecule has 1 aromatic rings. The van der Waals surface area contributed by atoms with E-state index in [4.69, 9.17) is 14.0 Å². The molecule has 1 heterocycles. The van der Waals surface area contributed by atoms with Gasteiger partial charge >= 0.3 is 5.97 Å². The van der Waals surface area contributed by atoms with E-state index in [0.717, 1.165) is 19.3 Å². The second kappa shape index (κ2) is 7.02. The van der Waals surface area contributed by atoms with Gasteiger partial charge in [0.1, 0.15) is 11.5 Å². The largest absolute Gasteiger partial charge is 0.465 e. The minimum absolute atomic E-state index is 0.240. The molecule has 118 valence electrons. The first-order chi connectivity index (χ1) is 10.1. The van der Waals surface area contributed by atoms with Crippen LogP contribution in [0.3, 0.4) is 0 Å². The van der Waals surface area contributed by atoms with Gasteiger partial charge in [-0.2, -0.15) is 4.98 Å². The molecule has 0 bridgehead atoms. The van der Waals surface area contributed by atoms with Gasteiger partial charge in [-0.05, 0) is 33.6 Å². The van der Waals surface area contributed by atoms with Gasteiger partial charge in [0, 0.05) is 6.61 Å². The van der Waals surface area contributed by atoms with Crippen molar-refractivity contribution in [3.05, 3.63) is 11.7 Å². The van der Waals surface area contributed by atoms with Crippen LogP contribution in [0.4, 0.5) is 0 Å². The number of esters is 1. The molecule has 1 aliphatic rings. The first kappa shape index (κ1) is 15.9. The third kappa shape index (κ3) is 3.26. The smallest absolute Gasteiger partial charge is 0.321 e. The van der Waals surface area contributed by atoms with Crippen LogP contribution in [0.15, 0.2) is 4.52 Å². The highest BCUT2D eigenvalue weighted by Gasteiger charge is 2.47. The Balaban J connectivity index is 2.27. The number of aromatic nitrogens is 2. The minimum Gasteiger partial charge on any atom is -0.465 e. The zero-order valence-electron chi connectivity index (χ0n) is 13.1. The molecule has 0 amide bonds. The summed E-state index contributed by atoms with van der Waals surface area (Å²) in [6.07, 6.45) is 4.23. The summed E-state index contributed by atoms with van der Waals surface area (Å²) in [5, 5.41) is 3.98. The third-order valence-electron chi connectivity index (χ3n) is 4.00. The summed E-state index contributed by atoms with van der Waals surface area (Å²) < 4.78 is 16.1. The molecule has 0 spiro atoms. The first-order valence-electron chi connectivity index (χ1n) is 7.77. The molecule has 0 saturated heterocycles. The van der Waals surface area contributed by atoms with Crippen molar-refractivity contribution < 1.29 is 18.8 Å². The maximum absolute atomic E-state index is 12.4. The number of carbonyl (C=O) groups is 1. The van der Waals surface area contributed by atoms with Gasteiger partial charge in [-0.25, -0.2) is 0 Å². The molecule has 1 unspecified atom stereocenters. The van der Waals surface area contributed by atoms with E-state index >= 15 is 0 Å². The predicted octanol–water partition coefficient (Wildman–Crippen LogP) is 2.93. The van der Waals surface area contributed by atoms with E-state index in [0.29, 0.717) is 37.8 Å². The zero-order chi connectivity index (χ0) is 15.3. The van der Waals surface area contributed by atoms with Crippen LogP contribution >= 0.6 is 0 Å². The number of hydrogen-bond acceptors (Lipinski definition) is 6. The molecule has 0 aliphatic heterocycles. The normalized spacial score (nSPS) is 19.2. The summed E-state index contributed by atoms with van der Waals surface area (Å²) in [7, 11) is 0. The van der Waals surface area contributed by atoms with Crippen LogP contribution in [0.5, 0.6) is 0 Å². The first-order valence-corrected chi connectivity index (χ1v) is 7.77. The maximum atomic E-state index is 12.4. The average Bonchev–Trinajstić information content (AvgIpc) is 2.99. The van der Waals surface area contributed by atoms with Crippen molar-refractivity contribution in [1.82, 2.24) is 10.1 Å². The van der Waals surface area contributed by atoms with Crippen LogP contribution in [0, 0.1) is 0 Å². The lowest BCUT2D eigenvalue weighted by molar-refractivity contribution is -0.152. The topological polar surface area (TPSA) is 74.5 Å². The van der Waals surface area contributed by atoms with Gasteiger partial charge in [0.15, 0.2) is 5.82 Å². The van der Waals surface area contributed by atoms with Crippen molar-refractivity contribution in [2.45, 2.75) is 64.4 Å². The number of ether oxygens (including phenoxy) is 2. The van der Waals surface area contributed by atoms with Gasteiger partial charge < -0.3 is 14.0 Å². The van der Waals surface area contributed by atoms with Crippen molar-refractivity contribution >= 4 is 5.97 Å². The Morgan fingerprint density at radius 2 is 2.00 bits per heavy atom. The lowest BCUT2D eigenvalue weighted by Crippen LogP contribution is -2.39. The van der Waals surface area contributed by atoms with Crippen LogP contribution in [-0.4, -0.2) is 29.3 Å². The predicted molar refractivity (Wildman–Crippen MR) is 75.7 cm³/mol. The van der Waals surface area contributed by atoms with E-state index in [1.165, 1.54) is 0 Å². The molecule has 1 saturated carbocycles. The van der Waals surface area contributed by atoms with E-state index in [1.807, 2.05) is 20.8 Å². The Morgan fingerprint density at radius 1 is 1.29 bits per heavy atom. The monoisotopic (exact) mass is 296 g/mol. The summed E-state index contributed by atoms with van der Waals surface area (Å²) in [5.41, 5.74) is -0.772. The second-order valence-corrected chi connectivity index (χ2v) is 5.42. The quantitative estimate of drug-likeness (QED) is 0.751. The van der Waals surface area contributed by atoms with Crippen LogP contribution in [0.25, 0.3) is 0 Å². The van der Waals surface area contributed by atoms with Crippen molar-refractivity contribution in [2.75, 3.05) is 13.2 Å². The van der Waals surface area contributed by atoms with Crippen LogP contribution in [0.2, 0.25) is 0 Å². The molecule has 6 nitrogen and oxygen atoms in total. The second-order valence-electron chi connectivity index (χ2n) is 5.42. The van der Waals surface area contributed by atoms with E-state index in [9.17, 15) is 4.79 Å². The molecular formula is C15H24N2O4. The number of nitrogens with zero attached hydrogens (tertiary/aromatic N) is 2. The molecule has 1 aliphatic carbocycles. The average molecular weight is 296 g/mol. The molecule has 21 heavy (non-hydrogen) atoms. The number of carbonyl (C=O) groups excluding carboxylic acids is 1. The van der Waals surface area contributed by atoms with Gasteiger partial charge in [-0.3, -0.25) is 4.79 Å². The zero-order valence-corrected chi connectivity index (χ0v) is 13.1. The van der Waals surface area contributed by atoms with Crippen molar-refractivity contribution in [3.63, 3.8) is 0 Å². The van der Waals surface area contributed by atoms with Crippen molar-refractivity contribution in [1.29, 1.82) is 0 Å². The van der Waals surface area contributed by atoms with Crippen LogP contribution in [-0.2, 0) is 19.7 Å². The van der Waals surface area contributed by atoms with Gasteiger partial charge in [0.2, 0.25) is 5.89 Å². The highest BCUT2D eigenvalue weighted by molar-refractivity contribution is 5.82. The van der Waals surface area contributed by atoms with Gasteiger partial charge in [0.05, 0.1) is 6.61 Å². The highest BCUT2D eigenvalue weighted by Crippen LogP contribution is 2.40. The van der Waals surface area contributed by atoms with Gasteiger partial charge in [-0.15, -0.1) is 0 Å². The standard InChI is InChI=1S/C15H24N2O4/c1-4-19-11(3)12-16-13(21-17-12)15(14(18)20-5-2)9-7-6-8-10-15/h11H,4-10H2,1-3H3. The maximum Gasteiger partial charge on any atom is 0.321 e. The highest BCUT2D eigenvalue weighted by atomic mass is 16.5. The fourth-order valence-corrected chi connectivity index (χ4v) is 2.85. The van der Waals surface area contributed by atoms with Crippen molar-refractivity contribution in [2.24, 2.45) is 0 Å². The molecule has 1 aromatic heterocycles. The number of rotatable bonds is 6. The summed E-state index contributed by atoms with van der Waals surface area (Å²) >= 11 is 0. The number of hydrogen-bond donors (Lipinski definition) is 0. The lowest BCUT2D eigenvalue weighted by Gasteiger charge is -2.31. The molecule has 1 fully saturated rings. The Labute approximate surface area is 125 Å². The van der Waals surface area contributed by atoms with Crippen molar-refractivity contribution in [3.8, 4) is 0 Å². The molecular weight excluding hydrogens is 272 g/mol. The van der Waals surface area contributed by atoms with Crippen LogP contribution in [0.1, 0.15) is 70.7 Å².